The Morgan fingerprint density at radius 1 is 1.09 bits per heavy atom. The van der Waals surface area contributed by atoms with Crippen LogP contribution in [0.4, 0.5) is 16.2 Å². The zero-order valence-corrected chi connectivity index (χ0v) is 20.1. The number of ether oxygens (including phenoxy) is 1. The van der Waals surface area contributed by atoms with Gasteiger partial charge in [0, 0.05) is 44.0 Å². The highest BCUT2D eigenvalue weighted by atomic mass is 32.2. The Bertz CT molecular complexity index is 1070. The normalized spacial score (nSPS) is 18.3. The average molecular weight is 478 g/mol. The van der Waals surface area contributed by atoms with E-state index < -0.39 is 15.8 Å². The van der Waals surface area contributed by atoms with Crippen LogP contribution in [0.3, 0.4) is 0 Å². The van der Waals surface area contributed by atoms with Crippen molar-refractivity contribution in [3.63, 3.8) is 0 Å². The molecule has 1 N–H and O–H groups in total. The molecule has 1 saturated heterocycles. The SMILES string of the molecule is CCOc1ccc(S(=O)(=O)N2CCN(c3cc(C)nc(NC4CCCCC4)n3)CC2)cc1F. The monoisotopic (exact) mass is 477 g/mol. The van der Waals surface area contributed by atoms with Gasteiger partial charge >= 0.3 is 0 Å². The average Bonchev–Trinajstić information content (AvgIpc) is 2.81. The van der Waals surface area contributed by atoms with Crippen LogP contribution in [0.2, 0.25) is 0 Å². The van der Waals surface area contributed by atoms with Crippen molar-refractivity contribution in [2.24, 2.45) is 0 Å². The number of benzene rings is 1. The number of hydrogen-bond donors (Lipinski definition) is 1. The molecule has 0 spiro atoms. The molecule has 10 heteroatoms. The lowest BCUT2D eigenvalue weighted by molar-refractivity contribution is 0.321. The van der Waals surface area contributed by atoms with Crippen molar-refractivity contribution in [1.29, 1.82) is 0 Å². The second kappa shape index (κ2) is 10.2. The van der Waals surface area contributed by atoms with E-state index in [1.165, 1.54) is 35.7 Å². The molecule has 1 aliphatic heterocycles. The quantitative estimate of drug-likeness (QED) is 0.652. The van der Waals surface area contributed by atoms with Gasteiger partial charge in [-0.1, -0.05) is 19.3 Å². The number of halogens is 1. The van der Waals surface area contributed by atoms with E-state index in [-0.39, 0.29) is 10.6 Å². The molecule has 4 rings (SSSR count). The molecule has 1 aliphatic carbocycles. The Balaban J connectivity index is 1.42. The van der Waals surface area contributed by atoms with Gasteiger partial charge in [-0.3, -0.25) is 0 Å². The van der Waals surface area contributed by atoms with Crippen molar-refractivity contribution < 1.29 is 17.5 Å². The van der Waals surface area contributed by atoms with E-state index in [9.17, 15) is 12.8 Å². The van der Waals surface area contributed by atoms with Gasteiger partial charge in [0.1, 0.15) is 5.82 Å². The van der Waals surface area contributed by atoms with Crippen LogP contribution >= 0.6 is 0 Å². The van der Waals surface area contributed by atoms with E-state index in [1.54, 1.807) is 6.92 Å². The largest absolute Gasteiger partial charge is 0.491 e. The van der Waals surface area contributed by atoms with Crippen molar-refractivity contribution in [3.05, 3.63) is 35.8 Å². The minimum Gasteiger partial charge on any atom is -0.491 e. The third kappa shape index (κ3) is 5.55. The number of rotatable bonds is 7. The van der Waals surface area contributed by atoms with Gasteiger partial charge in [0.15, 0.2) is 11.6 Å². The minimum atomic E-state index is -3.79. The van der Waals surface area contributed by atoms with Gasteiger partial charge in [0.2, 0.25) is 16.0 Å². The van der Waals surface area contributed by atoms with E-state index in [2.05, 4.69) is 15.2 Å². The Morgan fingerprint density at radius 3 is 2.48 bits per heavy atom. The highest BCUT2D eigenvalue weighted by Gasteiger charge is 2.30. The summed E-state index contributed by atoms with van der Waals surface area (Å²) in [5, 5.41) is 3.47. The molecule has 0 amide bonds. The molecular weight excluding hydrogens is 445 g/mol. The van der Waals surface area contributed by atoms with Crippen LogP contribution in [0.25, 0.3) is 0 Å². The maximum absolute atomic E-state index is 14.2. The van der Waals surface area contributed by atoms with Gasteiger partial charge in [-0.25, -0.2) is 17.8 Å². The Labute approximate surface area is 195 Å². The second-order valence-electron chi connectivity index (χ2n) is 8.59. The van der Waals surface area contributed by atoms with Crippen molar-refractivity contribution in [2.45, 2.75) is 56.9 Å². The summed E-state index contributed by atoms with van der Waals surface area (Å²) in [6, 6.07) is 6.13. The molecule has 0 bridgehead atoms. The molecule has 2 aromatic rings. The minimum absolute atomic E-state index is 0.0537. The summed E-state index contributed by atoms with van der Waals surface area (Å²) in [6.07, 6.45) is 6.01. The van der Waals surface area contributed by atoms with Crippen LogP contribution in [0.1, 0.15) is 44.7 Å². The number of piperazine rings is 1. The van der Waals surface area contributed by atoms with Gasteiger partial charge in [-0.2, -0.15) is 9.29 Å². The van der Waals surface area contributed by atoms with Crippen LogP contribution in [0, 0.1) is 12.7 Å². The molecule has 33 heavy (non-hydrogen) atoms. The molecule has 2 aliphatic rings. The maximum Gasteiger partial charge on any atom is 0.243 e. The van der Waals surface area contributed by atoms with E-state index in [4.69, 9.17) is 9.72 Å². The lowest BCUT2D eigenvalue weighted by Gasteiger charge is -2.35. The van der Waals surface area contributed by atoms with Gasteiger partial charge in [-0.05, 0) is 44.9 Å². The van der Waals surface area contributed by atoms with Crippen LogP contribution in [0.15, 0.2) is 29.2 Å². The van der Waals surface area contributed by atoms with Gasteiger partial charge in [-0.15, -0.1) is 0 Å². The van der Waals surface area contributed by atoms with Gasteiger partial charge in [0.25, 0.3) is 0 Å². The molecule has 2 heterocycles. The third-order valence-electron chi connectivity index (χ3n) is 6.18. The fourth-order valence-electron chi connectivity index (χ4n) is 4.43. The Hall–Kier alpha value is -2.46. The fraction of sp³-hybridized carbons (Fsp3) is 0.565. The smallest absolute Gasteiger partial charge is 0.243 e. The lowest BCUT2D eigenvalue weighted by atomic mass is 9.96. The molecule has 8 nitrogen and oxygen atoms in total. The molecule has 1 aromatic heterocycles. The topological polar surface area (TPSA) is 87.7 Å². The molecule has 0 atom stereocenters. The Kier molecular flexibility index (Phi) is 7.33. The highest BCUT2D eigenvalue weighted by Crippen LogP contribution is 2.26. The van der Waals surface area contributed by atoms with E-state index in [1.807, 2.05) is 13.0 Å². The van der Waals surface area contributed by atoms with E-state index >= 15 is 0 Å². The zero-order valence-electron chi connectivity index (χ0n) is 19.3. The standard InChI is InChI=1S/C23H32FN5O3S/c1-3-32-21-10-9-19(16-20(21)24)33(30,31)29-13-11-28(12-14-29)22-15-17(2)25-23(27-22)26-18-7-5-4-6-8-18/h9-10,15-16,18H,3-8,11-14H2,1-2H3,(H,25,26,27). The highest BCUT2D eigenvalue weighted by molar-refractivity contribution is 7.89. The lowest BCUT2D eigenvalue weighted by Crippen LogP contribution is -2.49. The van der Waals surface area contributed by atoms with Crippen LogP contribution < -0.4 is 15.0 Å². The third-order valence-corrected chi connectivity index (χ3v) is 8.08. The number of hydrogen-bond acceptors (Lipinski definition) is 7. The number of nitrogens with one attached hydrogen (secondary N) is 1. The maximum atomic E-state index is 14.2. The molecular formula is C23H32FN5O3S. The van der Waals surface area contributed by atoms with Crippen molar-refractivity contribution in [3.8, 4) is 5.75 Å². The first-order valence-electron chi connectivity index (χ1n) is 11.7. The molecule has 2 fully saturated rings. The summed E-state index contributed by atoms with van der Waals surface area (Å²) < 4.78 is 46.9. The summed E-state index contributed by atoms with van der Waals surface area (Å²) >= 11 is 0. The first-order valence-corrected chi connectivity index (χ1v) is 13.1. The number of aryl methyl sites for hydroxylation is 1. The summed E-state index contributed by atoms with van der Waals surface area (Å²) in [5.74, 6) is 0.811. The fourth-order valence-corrected chi connectivity index (χ4v) is 5.86. The number of anilines is 2. The molecule has 180 valence electrons. The van der Waals surface area contributed by atoms with Crippen LogP contribution in [0.5, 0.6) is 5.75 Å². The Morgan fingerprint density at radius 2 is 1.82 bits per heavy atom. The van der Waals surface area contributed by atoms with Crippen molar-refractivity contribution >= 4 is 21.8 Å². The van der Waals surface area contributed by atoms with Crippen molar-refractivity contribution in [2.75, 3.05) is 43.0 Å². The molecule has 1 aromatic carbocycles. The zero-order chi connectivity index (χ0) is 23.4. The summed E-state index contributed by atoms with van der Waals surface area (Å²) in [6.45, 7) is 5.59. The first-order chi connectivity index (χ1) is 15.9. The molecule has 1 saturated carbocycles. The van der Waals surface area contributed by atoms with Crippen LogP contribution in [-0.2, 0) is 10.0 Å². The van der Waals surface area contributed by atoms with Crippen LogP contribution in [-0.4, -0.2) is 61.5 Å². The summed E-state index contributed by atoms with van der Waals surface area (Å²) in [7, 11) is -3.79. The molecule has 0 radical (unpaired) electrons. The number of sulfonamides is 1. The second-order valence-corrected chi connectivity index (χ2v) is 10.5. The van der Waals surface area contributed by atoms with Gasteiger partial charge in [0.05, 0.1) is 11.5 Å². The van der Waals surface area contributed by atoms with E-state index in [0.717, 1.165) is 30.4 Å². The van der Waals surface area contributed by atoms with Gasteiger partial charge < -0.3 is 15.0 Å². The molecule has 0 unspecified atom stereocenters. The van der Waals surface area contributed by atoms with Crippen molar-refractivity contribution in [1.82, 2.24) is 14.3 Å². The predicted octanol–water partition coefficient (Wildman–Crippen LogP) is 3.58. The summed E-state index contributed by atoms with van der Waals surface area (Å²) in [5.41, 5.74) is 0.873. The first kappa shape index (κ1) is 23.7. The number of aromatic nitrogens is 2. The van der Waals surface area contributed by atoms with E-state index in [0.29, 0.717) is 44.8 Å². The number of nitrogens with zero attached hydrogens (tertiary/aromatic N) is 4. The predicted molar refractivity (Wildman–Crippen MR) is 126 cm³/mol. The summed E-state index contributed by atoms with van der Waals surface area (Å²) in [4.78, 5) is 11.3.